The summed E-state index contributed by atoms with van der Waals surface area (Å²) >= 11 is 0. The average Bonchev–Trinajstić information content (AvgIpc) is 2.93. The van der Waals surface area contributed by atoms with Crippen LogP contribution in [0.2, 0.25) is 0 Å². The SMILES string of the molecule is CC(C)(C)OC(=O)NCCOc1cc(-c2ccc(F)cc2)cc(-c2ccc(F)cc2)c1.CCC(NC(=O)OC(C)(C)C)C(C)C. The van der Waals surface area contributed by atoms with Crippen LogP contribution in [0, 0.1) is 17.6 Å². The normalized spacial score (nSPS) is 12.0. The molecule has 7 nitrogen and oxygen atoms in total. The highest BCUT2D eigenvalue weighted by atomic mass is 19.1. The molecule has 3 rings (SSSR count). The Bertz CT molecular complexity index is 1300. The Morgan fingerprint density at radius 1 is 0.711 bits per heavy atom. The van der Waals surface area contributed by atoms with Crippen LogP contribution in [0.15, 0.2) is 66.7 Å². The van der Waals surface area contributed by atoms with Crippen LogP contribution in [0.1, 0.15) is 68.7 Å². The molecule has 2 amide bonds. The molecule has 0 spiro atoms. The third kappa shape index (κ3) is 14.5. The summed E-state index contributed by atoms with van der Waals surface area (Å²) in [6.07, 6.45) is 0.0953. The van der Waals surface area contributed by atoms with E-state index in [-0.39, 0.29) is 36.9 Å². The van der Waals surface area contributed by atoms with E-state index in [0.29, 0.717) is 11.7 Å². The van der Waals surface area contributed by atoms with Gasteiger partial charge in [-0.2, -0.15) is 0 Å². The number of halogens is 2. The quantitative estimate of drug-likeness (QED) is 0.231. The second-order valence-corrected chi connectivity index (χ2v) is 12.9. The molecule has 0 saturated carbocycles. The molecule has 0 saturated heterocycles. The summed E-state index contributed by atoms with van der Waals surface area (Å²) in [5.41, 5.74) is 2.32. The number of hydrogen-bond acceptors (Lipinski definition) is 5. The number of carbonyl (C=O) groups is 2. The molecule has 0 bridgehead atoms. The Hall–Kier alpha value is -4.14. The first kappa shape index (κ1) is 37.0. The molecule has 0 aliphatic rings. The van der Waals surface area contributed by atoms with Gasteiger partial charge in [-0.15, -0.1) is 0 Å². The van der Waals surface area contributed by atoms with Crippen molar-refractivity contribution in [3.8, 4) is 28.0 Å². The van der Waals surface area contributed by atoms with E-state index in [1.165, 1.54) is 24.3 Å². The van der Waals surface area contributed by atoms with E-state index in [1.807, 2.05) is 39.0 Å². The van der Waals surface area contributed by atoms with Crippen LogP contribution in [-0.4, -0.2) is 42.6 Å². The number of benzene rings is 3. The molecule has 246 valence electrons. The van der Waals surface area contributed by atoms with Crippen LogP contribution in [0.25, 0.3) is 22.3 Å². The van der Waals surface area contributed by atoms with Gasteiger partial charge in [0, 0.05) is 6.04 Å². The zero-order valence-corrected chi connectivity index (χ0v) is 27.9. The molecule has 0 aromatic heterocycles. The van der Waals surface area contributed by atoms with Crippen molar-refractivity contribution < 1.29 is 32.6 Å². The van der Waals surface area contributed by atoms with E-state index in [4.69, 9.17) is 14.2 Å². The maximum atomic E-state index is 13.3. The van der Waals surface area contributed by atoms with Crippen LogP contribution < -0.4 is 15.4 Å². The highest BCUT2D eigenvalue weighted by molar-refractivity contribution is 5.75. The smallest absolute Gasteiger partial charge is 0.407 e. The summed E-state index contributed by atoms with van der Waals surface area (Å²) in [6.45, 7) is 17.7. The Morgan fingerprint density at radius 2 is 1.16 bits per heavy atom. The maximum Gasteiger partial charge on any atom is 0.407 e. The standard InChI is InChI=1S/C25H25F2NO3.C11H23NO2/c1-25(2,3)31-24(29)28-12-13-30-23-15-19(17-4-8-21(26)9-5-17)14-20(16-23)18-6-10-22(27)11-7-18;1-7-9(8(2)3)12-10(13)14-11(4,5)6/h4-11,14-16H,12-13H2,1-3H3,(H,28,29);8-9H,7H2,1-6H3,(H,12,13). The average molecular weight is 627 g/mol. The molecule has 0 radical (unpaired) electrons. The first-order valence-electron chi connectivity index (χ1n) is 15.2. The van der Waals surface area contributed by atoms with E-state index in [1.54, 1.807) is 45.0 Å². The molecule has 2 N–H and O–H groups in total. The Kier molecular flexibility index (Phi) is 13.8. The third-order valence-corrected chi connectivity index (χ3v) is 6.25. The lowest BCUT2D eigenvalue weighted by Crippen LogP contribution is -2.41. The van der Waals surface area contributed by atoms with Crippen molar-refractivity contribution in [2.75, 3.05) is 13.2 Å². The summed E-state index contributed by atoms with van der Waals surface area (Å²) in [5, 5.41) is 5.51. The molecule has 1 unspecified atom stereocenters. The predicted molar refractivity (Wildman–Crippen MR) is 175 cm³/mol. The first-order chi connectivity index (χ1) is 21.0. The summed E-state index contributed by atoms with van der Waals surface area (Å²) in [7, 11) is 0. The monoisotopic (exact) mass is 626 g/mol. The van der Waals surface area contributed by atoms with Crippen LogP contribution >= 0.6 is 0 Å². The lowest BCUT2D eigenvalue weighted by Gasteiger charge is -2.24. The van der Waals surface area contributed by atoms with Gasteiger partial charge >= 0.3 is 12.2 Å². The number of ether oxygens (including phenoxy) is 3. The number of alkyl carbamates (subject to hydrolysis) is 2. The van der Waals surface area contributed by atoms with Gasteiger partial charge in [0.05, 0.1) is 6.54 Å². The minimum Gasteiger partial charge on any atom is -0.492 e. The molecular formula is C36H48F2N2O5. The number of hydrogen-bond donors (Lipinski definition) is 2. The van der Waals surface area contributed by atoms with Gasteiger partial charge in [-0.25, -0.2) is 18.4 Å². The van der Waals surface area contributed by atoms with E-state index < -0.39 is 17.3 Å². The molecule has 0 aliphatic heterocycles. The number of amides is 2. The molecule has 0 aliphatic carbocycles. The van der Waals surface area contributed by atoms with Crippen LogP contribution in [-0.2, 0) is 9.47 Å². The molecule has 45 heavy (non-hydrogen) atoms. The molecule has 0 fully saturated rings. The van der Waals surface area contributed by atoms with E-state index in [9.17, 15) is 18.4 Å². The predicted octanol–water partition coefficient (Wildman–Crippen LogP) is 9.15. The fourth-order valence-corrected chi connectivity index (χ4v) is 4.14. The van der Waals surface area contributed by atoms with E-state index >= 15 is 0 Å². The van der Waals surface area contributed by atoms with Gasteiger partial charge < -0.3 is 24.8 Å². The van der Waals surface area contributed by atoms with Gasteiger partial charge in [0.2, 0.25) is 0 Å². The van der Waals surface area contributed by atoms with Crippen LogP contribution in [0.4, 0.5) is 18.4 Å². The summed E-state index contributed by atoms with van der Waals surface area (Å²) in [4.78, 5) is 23.2. The van der Waals surface area contributed by atoms with Crippen molar-refractivity contribution in [1.29, 1.82) is 0 Å². The highest BCUT2D eigenvalue weighted by Gasteiger charge is 2.20. The Morgan fingerprint density at radius 3 is 1.56 bits per heavy atom. The fraction of sp³-hybridized carbons (Fsp3) is 0.444. The van der Waals surface area contributed by atoms with Crippen molar-refractivity contribution in [3.63, 3.8) is 0 Å². The van der Waals surface area contributed by atoms with Crippen molar-refractivity contribution in [3.05, 3.63) is 78.4 Å². The maximum absolute atomic E-state index is 13.3. The second-order valence-electron chi connectivity index (χ2n) is 12.9. The number of nitrogens with one attached hydrogen (secondary N) is 2. The topological polar surface area (TPSA) is 85.9 Å². The first-order valence-corrected chi connectivity index (χ1v) is 15.2. The largest absolute Gasteiger partial charge is 0.492 e. The summed E-state index contributed by atoms with van der Waals surface area (Å²) in [6, 6.07) is 18.1. The number of rotatable bonds is 9. The molecule has 3 aromatic carbocycles. The molecular weight excluding hydrogens is 578 g/mol. The van der Waals surface area contributed by atoms with E-state index in [0.717, 1.165) is 28.7 Å². The van der Waals surface area contributed by atoms with Gasteiger partial charge in [0.1, 0.15) is 35.2 Å². The third-order valence-electron chi connectivity index (χ3n) is 6.25. The molecule has 1 atom stereocenters. The second kappa shape index (κ2) is 16.8. The summed E-state index contributed by atoms with van der Waals surface area (Å²) < 4.78 is 42.9. The Balaban J connectivity index is 0.000000426. The van der Waals surface area contributed by atoms with Crippen molar-refractivity contribution in [2.24, 2.45) is 5.92 Å². The van der Waals surface area contributed by atoms with Crippen LogP contribution in [0.3, 0.4) is 0 Å². The van der Waals surface area contributed by atoms with Gasteiger partial charge in [0.25, 0.3) is 0 Å². The fourth-order valence-electron chi connectivity index (χ4n) is 4.14. The zero-order valence-electron chi connectivity index (χ0n) is 27.9. The van der Waals surface area contributed by atoms with Crippen molar-refractivity contribution in [1.82, 2.24) is 10.6 Å². The molecule has 9 heteroatoms. The number of carbonyl (C=O) groups excluding carboxylic acids is 2. The zero-order chi connectivity index (χ0) is 33.8. The van der Waals surface area contributed by atoms with Gasteiger partial charge in [-0.05, 0) is 119 Å². The Labute approximate surface area is 266 Å². The highest BCUT2D eigenvalue weighted by Crippen LogP contribution is 2.32. The lowest BCUT2D eigenvalue weighted by atomic mass is 9.98. The van der Waals surface area contributed by atoms with E-state index in [2.05, 4.69) is 31.4 Å². The minimum absolute atomic E-state index is 0.199. The minimum atomic E-state index is -0.571. The summed E-state index contributed by atoms with van der Waals surface area (Å²) in [5.74, 6) is 0.380. The van der Waals surface area contributed by atoms with Gasteiger partial charge in [-0.3, -0.25) is 0 Å². The van der Waals surface area contributed by atoms with Gasteiger partial charge in [-0.1, -0.05) is 45.0 Å². The molecule has 3 aromatic rings. The van der Waals surface area contributed by atoms with Crippen LogP contribution in [0.5, 0.6) is 5.75 Å². The van der Waals surface area contributed by atoms with Crippen molar-refractivity contribution >= 4 is 12.2 Å². The molecule has 0 heterocycles. The van der Waals surface area contributed by atoms with Gasteiger partial charge in [0.15, 0.2) is 0 Å². The lowest BCUT2D eigenvalue weighted by molar-refractivity contribution is 0.0485. The van der Waals surface area contributed by atoms with Crippen molar-refractivity contribution in [2.45, 2.75) is 86.0 Å².